The van der Waals surface area contributed by atoms with Crippen molar-refractivity contribution >= 4 is 27.5 Å². The fraction of sp³-hybridized carbons (Fsp3) is 0.278. The first-order chi connectivity index (χ1) is 21.6. The molecule has 2 atom stereocenters. The second-order valence-electron chi connectivity index (χ2n) is 11.1. The van der Waals surface area contributed by atoms with Gasteiger partial charge in [-0.15, -0.1) is 0 Å². The number of methoxy groups -OCH3 is 1. The van der Waals surface area contributed by atoms with Crippen LogP contribution in [-0.4, -0.2) is 50.9 Å². The van der Waals surface area contributed by atoms with Crippen LogP contribution in [0.15, 0.2) is 114 Å². The van der Waals surface area contributed by atoms with E-state index in [4.69, 9.17) is 4.74 Å². The smallest absolute Gasteiger partial charge is 0.264 e. The van der Waals surface area contributed by atoms with Gasteiger partial charge in [0, 0.05) is 19.0 Å². The minimum Gasteiger partial charge on any atom is -0.497 e. The highest BCUT2D eigenvalue weighted by atomic mass is 32.2. The van der Waals surface area contributed by atoms with Gasteiger partial charge in [-0.2, -0.15) is 0 Å². The van der Waals surface area contributed by atoms with Crippen molar-refractivity contribution in [3.05, 3.63) is 126 Å². The fourth-order valence-electron chi connectivity index (χ4n) is 5.00. The highest BCUT2D eigenvalue weighted by Gasteiger charge is 2.35. The molecule has 4 aromatic carbocycles. The molecule has 0 saturated heterocycles. The van der Waals surface area contributed by atoms with Gasteiger partial charge >= 0.3 is 0 Å². The Morgan fingerprint density at radius 2 is 1.47 bits per heavy atom. The van der Waals surface area contributed by atoms with Crippen molar-refractivity contribution < 1.29 is 22.7 Å². The monoisotopic (exact) mass is 627 g/mol. The number of para-hydroxylation sites is 1. The number of aryl methyl sites for hydroxylation is 1. The van der Waals surface area contributed by atoms with Crippen LogP contribution in [0.2, 0.25) is 0 Å². The van der Waals surface area contributed by atoms with Crippen LogP contribution in [0.4, 0.5) is 5.69 Å². The zero-order chi connectivity index (χ0) is 32.4. The molecule has 2 amide bonds. The van der Waals surface area contributed by atoms with E-state index < -0.39 is 28.5 Å². The Bertz CT molecular complexity index is 1660. The van der Waals surface area contributed by atoms with E-state index in [2.05, 4.69) is 5.32 Å². The molecule has 236 valence electrons. The third-order valence-electron chi connectivity index (χ3n) is 7.68. The summed E-state index contributed by atoms with van der Waals surface area (Å²) in [5.41, 5.74) is 3.06. The molecule has 9 heteroatoms. The molecule has 1 N–H and O–H groups in total. The number of amides is 2. The first-order valence-corrected chi connectivity index (χ1v) is 16.5. The molecule has 0 aliphatic heterocycles. The molecule has 0 aliphatic rings. The van der Waals surface area contributed by atoms with E-state index in [1.54, 1.807) is 42.5 Å². The van der Waals surface area contributed by atoms with Crippen LogP contribution in [-0.2, 0) is 32.6 Å². The van der Waals surface area contributed by atoms with Crippen molar-refractivity contribution in [3.8, 4) is 5.75 Å². The molecule has 4 aromatic rings. The fourth-order valence-corrected chi connectivity index (χ4v) is 6.41. The maximum Gasteiger partial charge on any atom is 0.264 e. The molecule has 0 saturated carbocycles. The second-order valence-corrected chi connectivity index (χ2v) is 12.9. The Kier molecular flexibility index (Phi) is 11.4. The standard InChI is InChI=1S/C36H41N3O5S/c1-5-28(3)37-36(41)34(24-29-14-8-6-9-15-29)38(25-30-16-12-13-27(2)23-30)35(40)26-39(31-17-10-7-11-18-31)45(42,43)33-21-19-32(44-4)20-22-33/h6-23,28,34H,5,24-26H2,1-4H3,(H,37,41)/t28-,34-/m1/s1. The average Bonchev–Trinajstić information content (AvgIpc) is 3.05. The number of carbonyl (C=O) groups excluding carboxylic acids is 2. The summed E-state index contributed by atoms with van der Waals surface area (Å²) in [4.78, 5) is 29.9. The van der Waals surface area contributed by atoms with Crippen molar-refractivity contribution in [2.45, 2.75) is 57.1 Å². The molecule has 8 nitrogen and oxygen atoms in total. The predicted octanol–water partition coefficient (Wildman–Crippen LogP) is 5.75. The van der Waals surface area contributed by atoms with Crippen molar-refractivity contribution in [1.29, 1.82) is 0 Å². The Labute approximate surface area is 266 Å². The third kappa shape index (κ3) is 8.73. The maximum absolute atomic E-state index is 14.5. The van der Waals surface area contributed by atoms with E-state index in [1.165, 1.54) is 24.1 Å². The van der Waals surface area contributed by atoms with Gasteiger partial charge in [0.1, 0.15) is 18.3 Å². The van der Waals surface area contributed by atoms with Crippen LogP contribution in [0.5, 0.6) is 5.75 Å². The highest BCUT2D eigenvalue weighted by molar-refractivity contribution is 7.92. The van der Waals surface area contributed by atoms with Gasteiger partial charge in [0.15, 0.2) is 0 Å². The normalized spacial score (nSPS) is 12.5. The number of anilines is 1. The molecule has 0 bridgehead atoms. The maximum atomic E-state index is 14.5. The van der Waals surface area contributed by atoms with Gasteiger partial charge in [0.05, 0.1) is 17.7 Å². The first kappa shape index (κ1) is 33.3. The van der Waals surface area contributed by atoms with Crippen LogP contribution < -0.4 is 14.4 Å². The number of hydrogen-bond acceptors (Lipinski definition) is 5. The quantitative estimate of drug-likeness (QED) is 0.192. The largest absolute Gasteiger partial charge is 0.497 e. The summed E-state index contributed by atoms with van der Waals surface area (Å²) >= 11 is 0. The Morgan fingerprint density at radius 3 is 2.07 bits per heavy atom. The lowest BCUT2D eigenvalue weighted by Crippen LogP contribution is -2.54. The van der Waals surface area contributed by atoms with Crippen LogP contribution >= 0.6 is 0 Å². The van der Waals surface area contributed by atoms with Gasteiger partial charge in [0.25, 0.3) is 10.0 Å². The minimum atomic E-state index is -4.19. The van der Waals surface area contributed by atoms with E-state index in [0.29, 0.717) is 11.4 Å². The molecule has 0 radical (unpaired) electrons. The number of carbonyl (C=O) groups is 2. The molecule has 0 unspecified atom stereocenters. The van der Waals surface area contributed by atoms with Gasteiger partial charge in [0.2, 0.25) is 11.8 Å². The molecule has 0 aromatic heterocycles. The molecule has 0 aliphatic carbocycles. The Morgan fingerprint density at radius 1 is 0.844 bits per heavy atom. The molecule has 45 heavy (non-hydrogen) atoms. The number of rotatable bonds is 14. The Balaban J connectivity index is 1.79. The number of sulfonamides is 1. The van der Waals surface area contributed by atoms with Crippen LogP contribution in [0.25, 0.3) is 0 Å². The summed E-state index contributed by atoms with van der Waals surface area (Å²) in [6.45, 7) is 5.48. The molecular weight excluding hydrogens is 586 g/mol. The van der Waals surface area contributed by atoms with E-state index in [1.807, 2.05) is 75.4 Å². The zero-order valence-electron chi connectivity index (χ0n) is 26.2. The molecule has 4 rings (SSSR count). The number of ether oxygens (including phenoxy) is 1. The topological polar surface area (TPSA) is 96.0 Å². The Hall–Kier alpha value is -4.63. The van der Waals surface area contributed by atoms with Crippen molar-refractivity contribution in [2.75, 3.05) is 18.0 Å². The average molecular weight is 628 g/mol. The summed E-state index contributed by atoms with van der Waals surface area (Å²) in [5.74, 6) is -0.284. The lowest BCUT2D eigenvalue weighted by molar-refractivity contribution is -0.140. The lowest BCUT2D eigenvalue weighted by Gasteiger charge is -2.34. The number of hydrogen-bond donors (Lipinski definition) is 1. The predicted molar refractivity (Wildman–Crippen MR) is 178 cm³/mol. The van der Waals surface area contributed by atoms with E-state index in [0.717, 1.165) is 27.4 Å². The summed E-state index contributed by atoms with van der Waals surface area (Å²) < 4.78 is 34.5. The summed E-state index contributed by atoms with van der Waals surface area (Å²) in [6.07, 6.45) is 0.981. The van der Waals surface area contributed by atoms with Gasteiger partial charge in [-0.1, -0.05) is 85.3 Å². The van der Waals surface area contributed by atoms with E-state index in [-0.39, 0.29) is 29.8 Å². The third-order valence-corrected chi connectivity index (χ3v) is 9.47. The number of nitrogens with zero attached hydrogens (tertiary/aromatic N) is 2. The SMILES string of the molecule is CC[C@@H](C)NC(=O)[C@@H](Cc1ccccc1)N(Cc1cccc(C)c1)C(=O)CN(c1ccccc1)S(=O)(=O)c1ccc(OC)cc1. The molecular formula is C36H41N3O5S. The zero-order valence-corrected chi connectivity index (χ0v) is 27.0. The van der Waals surface area contributed by atoms with Gasteiger partial charge in [-0.05, 0) is 67.8 Å². The molecule has 0 fully saturated rings. The van der Waals surface area contributed by atoms with E-state index >= 15 is 0 Å². The van der Waals surface area contributed by atoms with Gasteiger partial charge in [-0.3, -0.25) is 13.9 Å². The van der Waals surface area contributed by atoms with E-state index in [9.17, 15) is 18.0 Å². The number of nitrogens with one attached hydrogen (secondary N) is 1. The van der Waals surface area contributed by atoms with Gasteiger partial charge < -0.3 is 15.0 Å². The second kappa shape index (κ2) is 15.4. The number of benzene rings is 4. The van der Waals surface area contributed by atoms with Crippen LogP contribution in [0.1, 0.15) is 37.0 Å². The van der Waals surface area contributed by atoms with Crippen molar-refractivity contribution in [1.82, 2.24) is 10.2 Å². The van der Waals surface area contributed by atoms with Crippen molar-refractivity contribution in [3.63, 3.8) is 0 Å². The van der Waals surface area contributed by atoms with Crippen LogP contribution in [0, 0.1) is 6.92 Å². The summed E-state index contributed by atoms with van der Waals surface area (Å²) in [7, 11) is -2.68. The first-order valence-electron chi connectivity index (χ1n) is 15.0. The highest BCUT2D eigenvalue weighted by Crippen LogP contribution is 2.26. The van der Waals surface area contributed by atoms with Crippen LogP contribution in [0.3, 0.4) is 0 Å². The van der Waals surface area contributed by atoms with Gasteiger partial charge in [-0.25, -0.2) is 8.42 Å². The minimum absolute atomic E-state index is 0.0144. The summed E-state index contributed by atoms with van der Waals surface area (Å²) in [5, 5.41) is 3.06. The lowest BCUT2D eigenvalue weighted by atomic mass is 10.0. The summed E-state index contributed by atoms with van der Waals surface area (Å²) in [6, 6.07) is 30.8. The molecule has 0 heterocycles. The van der Waals surface area contributed by atoms with Crippen molar-refractivity contribution in [2.24, 2.45) is 0 Å². The molecule has 0 spiro atoms.